The molecule has 0 spiro atoms. The van der Waals surface area contributed by atoms with Gasteiger partial charge >= 0.3 is 0 Å². The Hall–Kier alpha value is 2.32. The van der Waals surface area contributed by atoms with Crippen LogP contribution in [0.2, 0.25) is 0 Å². The number of alkyl halides is 8. The molecule has 0 heterocycles. The molecule has 8 heteroatoms. The van der Waals surface area contributed by atoms with E-state index in [9.17, 15) is 0 Å². The first kappa shape index (κ1) is 16.7. The molecule has 18 heavy (non-hydrogen) atoms. The van der Waals surface area contributed by atoms with Crippen molar-refractivity contribution in [2.45, 2.75) is 26.3 Å². The van der Waals surface area contributed by atoms with E-state index in [1.54, 1.807) is 0 Å². The fraction of sp³-hybridized carbons (Fsp3) is 1.00. The molecule has 0 aliphatic heterocycles. The average molecular weight is 414 g/mol. The molecule has 0 saturated heterocycles. The van der Waals surface area contributed by atoms with Gasteiger partial charge in [-0.15, -0.1) is 92.8 Å². The van der Waals surface area contributed by atoms with E-state index < -0.39 is 25.4 Å². The van der Waals surface area contributed by atoms with Crippen LogP contribution >= 0.6 is 92.8 Å². The molecule has 0 amide bonds. The molecule has 0 radical (unpaired) electrons. The zero-order valence-electron chi connectivity index (χ0n) is 8.95. The quantitative estimate of drug-likeness (QED) is 0.523. The summed E-state index contributed by atoms with van der Waals surface area (Å²) in [6.07, 6.45) is 0.433. The standard InChI is InChI=1S/C10H10Cl8/c11-2-8(7(15)16)4-1-10(17,18)9(8,3-12)6(14)5(4)13/h4-7H,1-3H2/t4-,5+,6-,8?,9?/m1/s1. The van der Waals surface area contributed by atoms with Gasteiger partial charge in [0.25, 0.3) is 0 Å². The van der Waals surface area contributed by atoms with Crippen LogP contribution in [0.1, 0.15) is 6.42 Å². The van der Waals surface area contributed by atoms with Gasteiger partial charge in [-0.05, 0) is 12.3 Å². The highest BCUT2D eigenvalue weighted by atomic mass is 35.5. The number of hydrogen-bond donors (Lipinski definition) is 0. The number of halogens is 8. The van der Waals surface area contributed by atoms with E-state index in [-0.39, 0.29) is 23.1 Å². The van der Waals surface area contributed by atoms with Crippen molar-refractivity contribution in [3.63, 3.8) is 0 Å². The van der Waals surface area contributed by atoms with Crippen LogP contribution < -0.4 is 0 Å². The van der Waals surface area contributed by atoms with E-state index >= 15 is 0 Å². The second-order valence-electron chi connectivity index (χ2n) is 4.94. The second kappa shape index (κ2) is 5.20. The molecule has 2 bridgehead atoms. The van der Waals surface area contributed by atoms with Crippen LogP contribution in [0.15, 0.2) is 0 Å². The third-order valence-electron chi connectivity index (χ3n) is 4.58. The molecule has 2 fully saturated rings. The minimum absolute atomic E-state index is 0.108. The lowest BCUT2D eigenvalue weighted by molar-refractivity contribution is 0.149. The fourth-order valence-corrected chi connectivity index (χ4v) is 8.38. The normalized spacial score (nSPS) is 50.2. The van der Waals surface area contributed by atoms with Gasteiger partial charge in [0, 0.05) is 22.6 Å². The molecule has 0 N–H and O–H groups in total. The highest BCUT2D eigenvalue weighted by Crippen LogP contribution is 2.77. The first-order valence-corrected chi connectivity index (χ1v) is 8.86. The van der Waals surface area contributed by atoms with E-state index in [4.69, 9.17) is 92.8 Å². The van der Waals surface area contributed by atoms with E-state index in [1.807, 2.05) is 0 Å². The molecule has 0 aromatic rings. The topological polar surface area (TPSA) is 0 Å². The maximum Gasteiger partial charge on any atom is 0.127 e. The summed E-state index contributed by atoms with van der Waals surface area (Å²) in [6, 6.07) is 0. The molecule has 2 unspecified atom stereocenters. The molecule has 2 saturated carbocycles. The smallest absolute Gasteiger partial charge is 0.126 e. The highest BCUT2D eigenvalue weighted by molar-refractivity contribution is 6.52. The van der Waals surface area contributed by atoms with E-state index in [2.05, 4.69) is 0 Å². The minimum atomic E-state index is -1.13. The molecule has 0 aromatic carbocycles. The predicted molar refractivity (Wildman–Crippen MR) is 83.6 cm³/mol. The van der Waals surface area contributed by atoms with Gasteiger partial charge in [0.1, 0.15) is 9.17 Å². The summed E-state index contributed by atoms with van der Waals surface area (Å²) in [4.78, 5) is -0.789. The maximum atomic E-state index is 6.45. The first-order chi connectivity index (χ1) is 8.23. The summed E-state index contributed by atoms with van der Waals surface area (Å²) in [5.74, 6) is 0.111. The molecule has 0 nitrogen and oxygen atoms in total. The second-order valence-corrected chi connectivity index (χ2v) is 9.03. The molecule has 5 atom stereocenters. The summed E-state index contributed by atoms with van der Waals surface area (Å²) in [7, 11) is 0. The van der Waals surface area contributed by atoms with Gasteiger partial charge < -0.3 is 0 Å². The van der Waals surface area contributed by atoms with E-state index in [1.165, 1.54) is 0 Å². The number of rotatable bonds is 3. The van der Waals surface area contributed by atoms with Crippen LogP contribution in [-0.4, -0.2) is 31.7 Å². The first-order valence-electron chi connectivity index (χ1n) is 5.29. The Bertz CT molecular complexity index is 345. The predicted octanol–water partition coefficient (Wildman–Crippen LogP) is 5.66. The van der Waals surface area contributed by atoms with E-state index in [0.717, 1.165) is 0 Å². The van der Waals surface area contributed by atoms with Crippen LogP contribution in [0.4, 0.5) is 0 Å². The van der Waals surface area contributed by atoms with Crippen LogP contribution in [0.5, 0.6) is 0 Å². The van der Waals surface area contributed by atoms with Crippen molar-refractivity contribution < 1.29 is 0 Å². The largest absolute Gasteiger partial charge is 0.127 e. The Morgan fingerprint density at radius 2 is 1.61 bits per heavy atom. The molecule has 2 rings (SSSR count). The minimum Gasteiger partial charge on any atom is -0.126 e. The van der Waals surface area contributed by atoms with Crippen LogP contribution in [0.25, 0.3) is 0 Å². The van der Waals surface area contributed by atoms with Crippen molar-refractivity contribution in [1.82, 2.24) is 0 Å². The van der Waals surface area contributed by atoms with Crippen molar-refractivity contribution in [3.05, 3.63) is 0 Å². The van der Waals surface area contributed by atoms with Gasteiger partial charge in [-0.2, -0.15) is 0 Å². The summed E-state index contributed by atoms with van der Waals surface area (Å²) in [6.45, 7) is 0. The van der Waals surface area contributed by atoms with Gasteiger partial charge in [0.2, 0.25) is 0 Å². The van der Waals surface area contributed by atoms with Crippen molar-refractivity contribution >= 4 is 92.8 Å². The third-order valence-corrected chi connectivity index (χ3v) is 8.53. The van der Waals surface area contributed by atoms with Crippen molar-refractivity contribution in [3.8, 4) is 0 Å². The number of fused-ring (bicyclic) bond motifs is 2. The van der Waals surface area contributed by atoms with Crippen molar-refractivity contribution in [2.75, 3.05) is 11.8 Å². The van der Waals surface area contributed by atoms with Gasteiger partial charge in [-0.3, -0.25) is 0 Å². The Balaban J connectivity index is 2.68. The maximum absolute atomic E-state index is 6.45. The van der Waals surface area contributed by atoms with E-state index in [0.29, 0.717) is 6.42 Å². The Labute approximate surface area is 146 Å². The average Bonchev–Trinajstić information content (AvgIpc) is 2.61. The summed E-state index contributed by atoms with van der Waals surface area (Å²) < 4.78 is -1.13. The van der Waals surface area contributed by atoms with Gasteiger partial charge in [-0.1, -0.05) is 0 Å². The zero-order chi connectivity index (χ0) is 13.9. The van der Waals surface area contributed by atoms with Gasteiger partial charge in [-0.25, -0.2) is 0 Å². The monoisotopic (exact) mass is 410 g/mol. The fourth-order valence-electron chi connectivity index (χ4n) is 3.57. The third kappa shape index (κ3) is 1.67. The lowest BCUT2D eigenvalue weighted by atomic mass is 9.69. The summed E-state index contributed by atoms with van der Waals surface area (Å²) >= 11 is 50.4. The molecule has 106 valence electrons. The Morgan fingerprint density at radius 1 is 1.06 bits per heavy atom. The van der Waals surface area contributed by atoms with Gasteiger partial charge in [0.05, 0.1) is 10.8 Å². The zero-order valence-corrected chi connectivity index (χ0v) is 15.0. The molecular weight excluding hydrogens is 404 g/mol. The lowest BCUT2D eigenvalue weighted by Gasteiger charge is -2.48. The summed E-state index contributed by atoms with van der Waals surface area (Å²) in [5.41, 5.74) is -1.68. The van der Waals surface area contributed by atoms with Crippen LogP contribution in [-0.2, 0) is 0 Å². The van der Waals surface area contributed by atoms with Crippen LogP contribution in [0, 0.1) is 16.7 Å². The molecule has 0 aromatic heterocycles. The SMILES string of the molecule is ClCC1(C(Cl)Cl)[C@@H]2CC(Cl)(Cl)C1(CCl)[C@H](Cl)[C@H]2Cl. The van der Waals surface area contributed by atoms with Gasteiger partial charge in [0.15, 0.2) is 0 Å². The Morgan fingerprint density at radius 3 is 1.94 bits per heavy atom. The van der Waals surface area contributed by atoms with Crippen LogP contribution in [0.3, 0.4) is 0 Å². The Kier molecular flexibility index (Phi) is 4.82. The summed E-state index contributed by atoms with van der Waals surface area (Å²) in [5, 5.41) is -0.876. The number of hydrogen-bond acceptors (Lipinski definition) is 0. The highest BCUT2D eigenvalue weighted by Gasteiger charge is 2.81. The lowest BCUT2D eigenvalue weighted by Crippen LogP contribution is -2.55. The molecule has 2 aliphatic carbocycles. The molecular formula is C10H10Cl8. The van der Waals surface area contributed by atoms with Crippen molar-refractivity contribution in [1.29, 1.82) is 0 Å². The van der Waals surface area contributed by atoms with Crippen molar-refractivity contribution in [2.24, 2.45) is 16.7 Å². The molecule has 2 aliphatic rings.